The first-order valence-corrected chi connectivity index (χ1v) is 3.75. The maximum atomic E-state index is 4.38. The topological polar surface area (TPSA) is 3.24 Å². The van der Waals surface area contributed by atoms with Crippen LogP contribution in [0.15, 0.2) is 0 Å². The van der Waals surface area contributed by atoms with Gasteiger partial charge in [-0.1, -0.05) is 12.8 Å². The fourth-order valence-electron chi connectivity index (χ4n) is 1.89. The first-order chi connectivity index (χ1) is 3.88. The third-order valence-corrected chi connectivity index (χ3v) is 3.07. The number of fused-ring (bicyclic) bond motifs is 2. The molecule has 0 N–H and O–H groups in total. The molecule has 2 bridgehead atoms. The van der Waals surface area contributed by atoms with Gasteiger partial charge < -0.3 is 0 Å². The summed E-state index contributed by atoms with van der Waals surface area (Å²) in [6.07, 6.45) is 5.59. The molecule has 2 fully saturated rings. The van der Waals surface area contributed by atoms with E-state index in [2.05, 4.69) is 17.1 Å². The highest BCUT2D eigenvalue weighted by Crippen LogP contribution is 2.38. The van der Waals surface area contributed by atoms with Crippen LogP contribution in [0, 0.1) is 0 Å². The van der Waals surface area contributed by atoms with E-state index in [0.717, 1.165) is 12.1 Å². The lowest BCUT2D eigenvalue weighted by Gasteiger charge is -2.10. The van der Waals surface area contributed by atoms with Crippen LogP contribution < -0.4 is 0 Å². The molecule has 0 aliphatic carbocycles. The summed E-state index contributed by atoms with van der Waals surface area (Å²) in [5.41, 5.74) is 0. The molecule has 1 nitrogen and oxygen atoms in total. The summed E-state index contributed by atoms with van der Waals surface area (Å²) in [5, 5.41) is 0. The Morgan fingerprint density at radius 2 is 1.38 bits per heavy atom. The number of nitrogens with zero attached hydrogens (tertiary/aromatic N) is 1. The molecule has 0 spiro atoms. The minimum atomic E-state index is 0.836. The van der Waals surface area contributed by atoms with Gasteiger partial charge in [-0.3, -0.25) is 0 Å². The lowest BCUT2D eigenvalue weighted by Crippen LogP contribution is -2.16. The van der Waals surface area contributed by atoms with Crippen molar-refractivity contribution < 1.29 is 0 Å². The van der Waals surface area contributed by atoms with Crippen molar-refractivity contribution in [1.29, 1.82) is 0 Å². The van der Waals surface area contributed by atoms with Crippen LogP contribution in [-0.2, 0) is 0 Å². The standard InChI is InChI=1S/C6H11NS/c8-7-5-1-2-6(7)4-3-5/h5-6,8H,1-4H2. The molecule has 0 aromatic carbocycles. The first kappa shape index (κ1) is 5.12. The van der Waals surface area contributed by atoms with E-state index >= 15 is 0 Å². The van der Waals surface area contributed by atoms with E-state index in [1.165, 1.54) is 25.7 Å². The first-order valence-electron chi connectivity index (χ1n) is 3.35. The maximum absolute atomic E-state index is 4.38. The molecule has 2 saturated heterocycles. The molecule has 2 aliphatic rings. The van der Waals surface area contributed by atoms with Crippen LogP contribution in [0.5, 0.6) is 0 Å². The average molecular weight is 129 g/mol. The number of hydrogen-bond donors (Lipinski definition) is 1. The Bertz CT molecular complexity index is 84.7. The zero-order chi connectivity index (χ0) is 5.56. The summed E-state index contributed by atoms with van der Waals surface area (Å²) < 4.78 is 2.25. The van der Waals surface area contributed by atoms with Crippen molar-refractivity contribution >= 4 is 12.8 Å². The van der Waals surface area contributed by atoms with Crippen LogP contribution in [0.1, 0.15) is 25.7 Å². The molecule has 0 atom stereocenters. The number of thiol groups is 1. The molecular formula is C6H11NS. The normalized spacial score (nSPS) is 46.1. The third kappa shape index (κ3) is 0.531. The molecule has 0 aromatic heterocycles. The Morgan fingerprint density at radius 3 is 1.50 bits per heavy atom. The van der Waals surface area contributed by atoms with Crippen LogP contribution >= 0.6 is 12.8 Å². The van der Waals surface area contributed by atoms with Crippen molar-refractivity contribution in [3.63, 3.8) is 0 Å². The van der Waals surface area contributed by atoms with E-state index in [-0.39, 0.29) is 0 Å². The molecule has 0 amide bonds. The van der Waals surface area contributed by atoms with Crippen molar-refractivity contribution in [2.45, 2.75) is 37.8 Å². The van der Waals surface area contributed by atoms with Gasteiger partial charge >= 0.3 is 0 Å². The highest BCUT2D eigenvalue weighted by Gasteiger charge is 2.37. The average Bonchev–Trinajstić information content (AvgIpc) is 2.29. The minimum absolute atomic E-state index is 0.836. The summed E-state index contributed by atoms with van der Waals surface area (Å²) in [5.74, 6) is 0. The van der Waals surface area contributed by atoms with Gasteiger partial charge in [-0.2, -0.15) is 0 Å². The second-order valence-electron chi connectivity index (χ2n) is 2.84. The van der Waals surface area contributed by atoms with Crippen molar-refractivity contribution in [2.75, 3.05) is 0 Å². The Hall–Kier alpha value is 0.310. The van der Waals surface area contributed by atoms with Gasteiger partial charge in [0.05, 0.1) is 0 Å². The molecule has 8 heavy (non-hydrogen) atoms. The smallest absolute Gasteiger partial charge is 0.0204 e. The van der Waals surface area contributed by atoms with Crippen LogP contribution in [-0.4, -0.2) is 16.4 Å². The predicted octanol–water partition coefficient (Wildman–Crippen LogP) is 1.46. The fourth-order valence-corrected chi connectivity index (χ4v) is 2.35. The summed E-state index contributed by atoms with van der Waals surface area (Å²) in [6, 6.07) is 1.67. The van der Waals surface area contributed by atoms with Crippen LogP contribution in [0.25, 0.3) is 0 Å². The van der Waals surface area contributed by atoms with Crippen LogP contribution in [0.4, 0.5) is 0 Å². The van der Waals surface area contributed by atoms with E-state index in [4.69, 9.17) is 0 Å². The van der Waals surface area contributed by atoms with Gasteiger partial charge in [0.25, 0.3) is 0 Å². The fraction of sp³-hybridized carbons (Fsp3) is 1.00. The zero-order valence-electron chi connectivity index (χ0n) is 4.88. The Kier molecular flexibility index (Phi) is 1.05. The quantitative estimate of drug-likeness (QED) is 0.485. The third-order valence-electron chi connectivity index (χ3n) is 2.41. The second-order valence-corrected chi connectivity index (χ2v) is 3.30. The van der Waals surface area contributed by atoms with Gasteiger partial charge in [-0.05, 0) is 25.7 Å². The summed E-state index contributed by atoms with van der Waals surface area (Å²) in [4.78, 5) is 0. The lowest BCUT2D eigenvalue weighted by atomic mass is 10.0. The van der Waals surface area contributed by atoms with E-state index in [0.29, 0.717) is 0 Å². The molecule has 2 heterocycles. The van der Waals surface area contributed by atoms with Gasteiger partial charge in [-0.25, -0.2) is 4.31 Å². The molecule has 0 unspecified atom stereocenters. The molecule has 0 radical (unpaired) electrons. The summed E-state index contributed by atoms with van der Waals surface area (Å²) in [7, 11) is 0. The highest BCUT2D eigenvalue weighted by atomic mass is 32.1. The van der Waals surface area contributed by atoms with Crippen LogP contribution in [0.3, 0.4) is 0 Å². The van der Waals surface area contributed by atoms with E-state index in [1.54, 1.807) is 0 Å². The second kappa shape index (κ2) is 1.64. The summed E-state index contributed by atoms with van der Waals surface area (Å²) in [6.45, 7) is 0. The minimum Gasteiger partial charge on any atom is -0.247 e. The Labute approximate surface area is 55.6 Å². The van der Waals surface area contributed by atoms with Gasteiger partial charge in [0.2, 0.25) is 0 Å². The van der Waals surface area contributed by atoms with Crippen LogP contribution in [0.2, 0.25) is 0 Å². The largest absolute Gasteiger partial charge is 0.247 e. The SMILES string of the molecule is SN1C2CCC1CC2. The maximum Gasteiger partial charge on any atom is 0.0204 e. The van der Waals surface area contributed by atoms with Crippen molar-refractivity contribution in [3.05, 3.63) is 0 Å². The van der Waals surface area contributed by atoms with Crippen molar-refractivity contribution in [1.82, 2.24) is 4.31 Å². The monoisotopic (exact) mass is 129 g/mol. The molecule has 0 saturated carbocycles. The van der Waals surface area contributed by atoms with Crippen molar-refractivity contribution in [3.8, 4) is 0 Å². The van der Waals surface area contributed by atoms with E-state index in [9.17, 15) is 0 Å². The highest BCUT2D eigenvalue weighted by molar-refractivity contribution is 7.77. The van der Waals surface area contributed by atoms with E-state index in [1.807, 2.05) is 0 Å². The van der Waals surface area contributed by atoms with Crippen molar-refractivity contribution in [2.24, 2.45) is 0 Å². The van der Waals surface area contributed by atoms with Gasteiger partial charge in [-0.15, -0.1) is 0 Å². The van der Waals surface area contributed by atoms with Gasteiger partial charge in [0, 0.05) is 12.1 Å². The molecule has 2 rings (SSSR count). The summed E-state index contributed by atoms with van der Waals surface area (Å²) >= 11 is 4.38. The molecule has 2 aliphatic heterocycles. The number of rotatable bonds is 0. The van der Waals surface area contributed by atoms with E-state index < -0.39 is 0 Å². The number of hydrogen-bond acceptors (Lipinski definition) is 2. The molecule has 46 valence electrons. The predicted molar refractivity (Wildman–Crippen MR) is 36.9 cm³/mol. The van der Waals surface area contributed by atoms with Gasteiger partial charge in [0.15, 0.2) is 0 Å². The zero-order valence-corrected chi connectivity index (χ0v) is 5.77. The lowest BCUT2D eigenvalue weighted by molar-refractivity contribution is 0.461. The molecule has 0 aromatic rings. The van der Waals surface area contributed by atoms with Gasteiger partial charge in [0.1, 0.15) is 0 Å². The Balaban J connectivity index is 2.16. The molecule has 2 heteroatoms. The molecular weight excluding hydrogens is 118 g/mol. The Morgan fingerprint density at radius 1 is 1.00 bits per heavy atom.